The summed E-state index contributed by atoms with van der Waals surface area (Å²) >= 11 is 5.64. The molecule has 0 N–H and O–H groups in total. The van der Waals surface area contributed by atoms with Crippen LogP contribution in [0.1, 0.15) is 39.0 Å². The summed E-state index contributed by atoms with van der Waals surface area (Å²) in [6, 6.07) is 3.83. The third kappa shape index (κ3) is 7.79. The molecule has 1 aromatic rings. The molecule has 0 aliphatic rings. The standard InChI is InChI=1S/C7H8ClN.2C2H6/c1-5-3-6(2)9-7(8)4-5;2*1-2/h3-4H,1-2H3;2*1-2H3. The molecule has 1 heterocycles. The SMILES string of the molecule is CC.CC.Cc1cc(C)nc(Cl)c1. The minimum atomic E-state index is 0.576. The Morgan fingerprint density at radius 3 is 1.77 bits per heavy atom. The van der Waals surface area contributed by atoms with Gasteiger partial charge < -0.3 is 0 Å². The van der Waals surface area contributed by atoms with Crippen molar-refractivity contribution in [2.24, 2.45) is 0 Å². The first-order chi connectivity index (χ1) is 6.18. The van der Waals surface area contributed by atoms with E-state index in [-0.39, 0.29) is 0 Å². The second-order valence-electron chi connectivity index (χ2n) is 2.11. The van der Waals surface area contributed by atoms with Gasteiger partial charge in [0.15, 0.2) is 0 Å². The quantitative estimate of drug-likeness (QED) is 0.567. The van der Waals surface area contributed by atoms with Crippen molar-refractivity contribution in [2.75, 3.05) is 0 Å². The van der Waals surface area contributed by atoms with Crippen LogP contribution >= 0.6 is 11.6 Å². The van der Waals surface area contributed by atoms with Gasteiger partial charge in [0.05, 0.1) is 0 Å². The maximum atomic E-state index is 5.64. The molecule has 0 aliphatic carbocycles. The van der Waals surface area contributed by atoms with E-state index in [1.54, 1.807) is 0 Å². The van der Waals surface area contributed by atoms with Crippen LogP contribution in [0, 0.1) is 13.8 Å². The summed E-state index contributed by atoms with van der Waals surface area (Å²) in [4.78, 5) is 4.00. The van der Waals surface area contributed by atoms with Gasteiger partial charge in [0.25, 0.3) is 0 Å². The Morgan fingerprint density at radius 2 is 1.46 bits per heavy atom. The molecule has 2 heteroatoms. The van der Waals surface area contributed by atoms with E-state index in [4.69, 9.17) is 11.6 Å². The Hall–Kier alpha value is -0.560. The number of pyridine rings is 1. The van der Waals surface area contributed by atoms with E-state index in [0.29, 0.717) is 5.15 Å². The number of rotatable bonds is 0. The molecule has 76 valence electrons. The smallest absolute Gasteiger partial charge is 0.129 e. The average Bonchev–Trinajstić information content (AvgIpc) is 2.09. The zero-order valence-electron chi connectivity index (χ0n) is 9.48. The van der Waals surface area contributed by atoms with Crippen molar-refractivity contribution in [3.05, 3.63) is 28.5 Å². The summed E-state index contributed by atoms with van der Waals surface area (Å²) in [6.45, 7) is 11.9. The zero-order valence-corrected chi connectivity index (χ0v) is 10.2. The highest BCUT2D eigenvalue weighted by atomic mass is 35.5. The van der Waals surface area contributed by atoms with Crippen LogP contribution in [0.15, 0.2) is 12.1 Å². The van der Waals surface area contributed by atoms with E-state index in [1.165, 1.54) is 0 Å². The van der Waals surface area contributed by atoms with Crippen LogP contribution < -0.4 is 0 Å². The fraction of sp³-hybridized carbons (Fsp3) is 0.545. The van der Waals surface area contributed by atoms with E-state index in [2.05, 4.69) is 4.98 Å². The van der Waals surface area contributed by atoms with Crippen LogP contribution in [0.5, 0.6) is 0 Å². The molecule has 1 nitrogen and oxygen atoms in total. The fourth-order valence-electron chi connectivity index (χ4n) is 0.792. The van der Waals surface area contributed by atoms with Gasteiger partial charge in [-0.05, 0) is 31.5 Å². The molecule has 0 bridgehead atoms. The van der Waals surface area contributed by atoms with E-state index in [0.717, 1.165) is 11.3 Å². The molecular weight excluding hydrogens is 182 g/mol. The summed E-state index contributed by atoms with van der Waals surface area (Å²) in [5.74, 6) is 0. The molecule has 1 rings (SSSR count). The van der Waals surface area contributed by atoms with Gasteiger partial charge >= 0.3 is 0 Å². The van der Waals surface area contributed by atoms with Crippen molar-refractivity contribution >= 4 is 11.6 Å². The van der Waals surface area contributed by atoms with Crippen molar-refractivity contribution < 1.29 is 0 Å². The topological polar surface area (TPSA) is 12.9 Å². The van der Waals surface area contributed by atoms with Gasteiger partial charge in [0, 0.05) is 5.69 Å². The highest BCUT2D eigenvalue weighted by molar-refractivity contribution is 6.29. The first kappa shape index (κ1) is 14.9. The minimum Gasteiger partial charge on any atom is -0.241 e. The number of nitrogens with zero attached hydrogens (tertiary/aromatic N) is 1. The molecule has 0 fully saturated rings. The number of hydrogen-bond donors (Lipinski definition) is 0. The van der Waals surface area contributed by atoms with E-state index in [9.17, 15) is 0 Å². The van der Waals surface area contributed by atoms with Crippen LogP contribution in [0.4, 0.5) is 0 Å². The van der Waals surface area contributed by atoms with Gasteiger partial charge in [-0.15, -0.1) is 0 Å². The number of hydrogen-bond acceptors (Lipinski definition) is 1. The largest absolute Gasteiger partial charge is 0.241 e. The summed E-state index contributed by atoms with van der Waals surface area (Å²) in [5.41, 5.74) is 2.13. The van der Waals surface area contributed by atoms with Crippen molar-refractivity contribution in [1.82, 2.24) is 4.98 Å². The normalized spacial score (nSPS) is 7.62. The van der Waals surface area contributed by atoms with E-state index >= 15 is 0 Å². The van der Waals surface area contributed by atoms with Crippen molar-refractivity contribution in [3.63, 3.8) is 0 Å². The van der Waals surface area contributed by atoms with Gasteiger partial charge in [-0.3, -0.25) is 0 Å². The highest BCUT2D eigenvalue weighted by Gasteiger charge is 1.90. The predicted octanol–water partition coefficient (Wildman–Crippen LogP) is 4.40. The molecule has 13 heavy (non-hydrogen) atoms. The molecule has 1 aromatic heterocycles. The van der Waals surface area contributed by atoms with Gasteiger partial charge in [-0.1, -0.05) is 39.3 Å². The lowest BCUT2D eigenvalue weighted by Gasteiger charge is -1.94. The maximum absolute atomic E-state index is 5.64. The van der Waals surface area contributed by atoms with Gasteiger partial charge in [-0.25, -0.2) is 4.98 Å². The summed E-state index contributed by atoms with van der Waals surface area (Å²) in [7, 11) is 0. The number of aryl methyl sites for hydroxylation is 2. The Labute approximate surface area is 87.2 Å². The fourth-order valence-corrected chi connectivity index (χ4v) is 1.10. The Kier molecular flexibility index (Phi) is 10.9. The van der Waals surface area contributed by atoms with E-state index < -0.39 is 0 Å². The third-order valence-electron chi connectivity index (χ3n) is 1.07. The number of aromatic nitrogens is 1. The molecule has 0 radical (unpaired) electrons. The van der Waals surface area contributed by atoms with Crippen LogP contribution in [0.3, 0.4) is 0 Å². The van der Waals surface area contributed by atoms with Crippen molar-refractivity contribution in [2.45, 2.75) is 41.5 Å². The predicted molar refractivity (Wildman–Crippen MR) is 61.4 cm³/mol. The lowest BCUT2D eigenvalue weighted by atomic mass is 10.3. The van der Waals surface area contributed by atoms with Crippen LogP contribution in [-0.4, -0.2) is 4.98 Å². The van der Waals surface area contributed by atoms with Crippen LogP contribution in [-0.2, 0) is 0 Å². The summed E-state index contributed by atoms with van der Waals surface area (Å²) in [6.07, 6.45) is 0. The Bertz CT molecular complexity index is 171. The molecular formula is C11H20ClN. The molecule has 0 spiro atoms. The first-order valence-corrected chi connectivity index (χ1v) is 5.17. The molecule has 0 saturated heterocycles. The van der Waals surface area contributed by atoms with Crippen molar-refractivity contribution in [1.29, 1.82) is 0 Å². The van der Waals surface area contributed by atoms with Crippen molar-refractivity contribution in [3.8, 4) is 0 Å². The lowest BCUT2D eigenvalue weighted by Crippen LogP contribution is -1.82. The minimum absolute atomic E-state index is 0.576. The highest BCUT2D eigenvalue weighted by Crippen LogP contribution is 2.08. The summed E-state index contributed by atoms with van der Waals surface area (Å²) < 4.78 is 0. The lowest BCUT2D eigenvalue weighted by molar-refractivity contribution is 1.18. The van der Waals surface area contributed by atoms with Crippen LogP contribution in [0.25, 0.3) is 0 Å². The molecule has 0 saturated carbocycles. The summed E-state index contributed by atoms with van der Waals surface area (Å²) in [5, 5.41) is 0.576. The molecule has 0 aliphatic heterocycles. The second-order valence-corrected chi connectivity index (χ2v) is 2.50. The Balaban J connectivity index is 0. The molecule has 0 aromatic carbocycles. The number of halogens is 1. The third-order valence-corrected chi connectivity index (χ3v) is 1.26. The monoisotopic (exact) mass is 201 g/mol. The second kappa shape index (κ2) is 9.53. The Morgan fingerprint density at radius 1 is 1.00 bits per heavy atom. The van der Waals surface area contributed by atoms with Crippen LogP contribution in [0.2, 0.25) is 5.15 Å². The van der Waals surface area contributed by atoms with Gasteiger partial charge in [0.2, 0.25) is 0 Å². The van der Waals surface area contributed by atoms with Gasteiger partial charge in [-0.2, -0.15) is 0 Å². The average molecular weight is 202 g/mol. The zero-order chi connectivity index (χ0) is 10.9. The first-order valence-electron chi connectivity index (χ1n) is 4.79. The molecule has 0 atom stereocenters. The van der Waals surface area contributed by atoms with E-state index in [1.807, 2.05) is 53.7 Å². The molecule has 0 amide bonds. The molecule has 0 unspecified atom stereocenters. The van der Waals surface area contributed by atoms with Gasteiger partial charge in [0.1, 0.15) is 5.15 Å². The maximum Gasteiger partial charge on any atom is 0.129 e.